The summed E-state index contributed by atoms with van der Waals surface area (Å²) in [4.78, 5) is 17.9. The zero-order chi connectivity index (χ0) is 16.1. The van der Waals surface area contributed by atoms with E-state index < -0.39 is 0 Å². The van der Waals surface area contributed by atoms with E-state index in [1.54, 1.807) is 19.1 Å². The van der Waals surface area contributed by atoms with Crippen molar-refractivity contribution in [1.82, 2.24) is 9.99 Å². The maximum absolute atomic E-state index is 11.2. The van der Waals surface area contributed by atoms with E-state index in [-0.39, 0.29) is 5.78 Å². The zero-order valence-electron chi connectivity index (χ0n) is 13.1. The van der Waals surface area contributed by atoms with Crippen LogP contribution in [0.4, 0.5) is 11.5 Å². The third kappa shape index (κ3) is 3.91. The van der Waals surface area contributed by atoms with Gasteiger partial charge >= 0.3 is 0 Å². The second kappa shape index (κ2) is 7.00. The molecule has 1 aromatic heterocycles. The summed E-state index contributed by atoms with van der Waals surface area (Å²) < 4.78 is 0. The topological polar surface area (TPSA) is 61.2 Å². The van der Waals surface area contributed by atoms with Gasteiger partial charge in [-0.25, -0.2) is 4.98 Å². The molecule has 0 aliphatic carbocycles. The minimum Gasteiger partial charge on any atom is -0.353 e. The van der Waals surface area contributed by atoms with Crippen LogP contribution >= 0.6 is 0 Å². The predicted octanol–water partition coefficient (Wildman–Crippen LogP) is 3.11. The molecule has 0 unspecified atom stereocenters. The normalized spacial score (nSPS) is 15.2. The van der Waals surface area contributed by atoms with Gasteiger partial charge in [-0.3, -0.25) is 9.80 Å². The third-order valence-electron chi connectivity index (χ3n) is 3.79. The highest BCUT2D eigenvalue weighted by molar-refractivity contribution is 5.94. The van der Waals surface area contributed by atoms with Crippen molar-refractivity contribution in [1.29, 1.82) is 0 Å². The molecule has 0 radical (unpaired) electrons. The zero-order valence-corrected chi connectivity index (χ0v) is 13.1. The molecule has 1 aliphatic heterocycles. The molecule has 2 heterocycles. The van der Waals surface area contributed by atoms with E-state index in [4.69, 9.17) is 0 Å². The molecule has 1 saturated heterocycles. The molecule has 0 spiro atoms. The van der Waals surface area contributed by atoms with E-state index in [1.807, 2.05) is 41.5 Å². The van der Waals surface area contributed by atoms with Crippen LogP contribution in [0.2, 0.25) is 0 Å². The van der Waals surface area contributed by atoms with Crippen molar-refractivity contribution < 1.29 is 4.79 Å². The second-order valence-electron chi connectivity index (χ2n) is 5.42. The quantitative estimate of drug-likeness (QED) is 0.643. The van der Waals surface area contributed by atoms with Crippen molar-refractivity contribution in [3.63, 3.8) is 0 Å². The number of carbonyl (C=O) groups excluding carboxylic acids is 1. The van der Waals surface area contributed by atoms with Crippen LogP contribution in [0.3, 0.4) is 0 Å². The summed E-state index contributed by atoms with van der Waals surface area (Å²) in [6.45, 7) is 4.92. The molecule has 0 amide bonds. The molecule has 1 aliphatic rings. The van der Waals surface area contributed by atoms with Gasteiger partial charge in [0.05, 0.1) is 18.8 Å². The van der Waals surface area contributed by atoms with Gasteiger partial charge < -0.3 is 4.90 Å². The highest BCUT2D eigenvalue weighted by Gasteiger charge is 2.16. The Bertz CT molecular complexity index is 676. The van der Waals surface area contributed by atoms with Crippen LogP contribution in [0.5, 0.6) is 0 Å². The van der Waals surface area contributed by atoms with Gasteiger partial charge in [0.15, 0.2) is 5.78 Å². The van der Waals surface area contributed by atoms with Gasteiger partial charge in [0, 0.05) is 24.8 Å². The summed E-state index contributed by atoms with van der Waals surface area (Å²) in [5, 5.41) is 10.5. The molecule has 6 nitrogen and oxygen atoms in total. The highest BCUT2D eigenvalue weighted by Crippen LogP contribution is 2.16. The van der Waals surface area contributed by atoms with E-state index in [9.17, 15) is 4.79 Å². The van der Waals surface area contributed by atoms with Gasteiger partial charge in [0.1, 0.15) is 5.82 Å². The number of benzene rings is 1. The van der Waals surface area contributed by atoms with Crippen molar-refractivity contribution >= 4 is 17.3 Å². The van der Waals surface area contributed by atoms with E-state index in [1.165, 1.54) is 0 Å². The molecule has 0 saturated carbocycles. The third-order valence-corrected chi connectivity index (χ3v) is 3.79. The first kappa shape index (κ1) is 15.1. The Morgan fingerprint density at radius 3 is 2.39 bits per heavy atom. The van der Waals surface area contributed by atoms with Crippen LogP contribution in [0.15, 0.2) is 59.0 Å². The van der Waals surface area contributed by atoms with Gasteiger partial charge in [-0.1, -0.05) is 11.3 Å². The van der Waals surface area contributed by atoms with Crippen molar-refractivity contribution in [2.75, 3.05) is 31.1 Å². The number of pyridine rings is 1. The molecule has 3 rings (SSSR count). The van der Waals surface area contributed by atoms with E-state index >= 15 is 0 Å². The molecule has 23 heavy (non-hydrogen) atoms. The fourth-order valence-electron chi connectivity index (χ4n) is 2.43. The number of hydrogen-bond donors (Lipinski definition) is 0. The number of rotatable bonds is 4. The SMILES string of the molecule is CC(=O)c1ccc(N=NN2CCN(c3ccccn3)CC2)cc1. The minimum absolute atomic E-state index is 0.0548. The molecule has 118 valence electrons. The maximum Gasteiger partial charge on any atom is 0.159 e. The summed E-state index contributed by atoms with van der Waals surface area (Å²) in [5.41, 5.74) is 1.44. The average Bonchev–Trinajstić information content (AvgIpc) is 2.61. The number of hydrogen-bond acceptors (Lipinski definition) is 5. The lowest BCUT2D eigenvalue weighted by Crippen LogP contribution is -2.44. The Hall–Kier alpha value is -2.76. The summed E-state index contributed by atoms with van der Waals surface area (Å²) in [7, 11) is 0. The first-order chi connectivity index (χ1) is 11.2. The molecule has 0 bridgehead atoms. The Balaban J connectivity index is 1.55. The lowest BCUT2D eigenvalue weighted by molar-refractivity contribution is 0.101. The van der Waals surface area contributed by atoms with Crippen LogP contribution in [-0.2, 0) is 0 Å². The number of Topliss-reactive ketones (excluding diaryl/α,β-unsaturated/α-hetero) is 1. The number of aromatic nitrogens is 1. The van der Waals surface area contributed by atoms with Crippen LogP contribution in [-0.4, -0.2) is 42.0 Å². The van der Waals surface area contributed by atoms with Crippen LogP contribution in [0.1, 0.15) is 17.3 Å². The highest BCUT2D eigenvalue weighted by atomic mass is 16.1. The first-order valence-electron chi connectivity index (χ1n) is 7.66. The van der Waals surface area contributed by atoms with E-state index in [0.717, 1.165) is 37.7 Å². The molecular formula is C17H19N5O. The number of ketones is 1. The number of carbonyl (C=O) groups is 1. The molecule has 2 aromatic rings. The first-order valence-corrected chi connectivity index (χ1v) is 7.66. The molecule has 0 atom stereocenters. The Kier molecular flexibility index (Phi) is 4.61. The number of piperazine rings is 1. The smallest absolute Gasteiger partial charge is 0.159 e. The van der Waals surface area contributed by atoms with Crippen molar-refractivity contribution in [2.45, 2.75) is 6.92 Å². The van der Waals surface area contributed by atoms with Crippen LogP contribution < -0.4 is 4.90 Å². The second-order valence-corrected chi connectivity index (χ2v) is 5.42. The lowest BCUT2D eigenvalue weighted by atomic mass is 10.1. The van der Waals surface area contributed by atoms with Gasteiger partial charge in [-0.2, -0.15) is 0 Å². The Labute approximate surface area is 135 Å². The summed E-state index contributed by atoms with van der Waals surface area (Å²) >= 11 is 0. The standard InChI is InChI=1S/C17H19N5O/c1-14(23)15-5-7-16(8-6-15)19-20-22-12-10-21(11-13-22)17-4-2-3-9-18-17/h2-9H,10-13H2,1H3. The fraction of sp³-hybridized carbons (Fsp3) is 0.294. The van der Waals surface area contributed by atoms with Crippen molar-refractivity contribution in [3.8, 4) is 0 Å². The van der Waals surface area contributed by atoms with Gasteiger partial charge in [0.25, 0.3) is 0 Å². The summed E-state index contributed by atoms with van der Waals surface area (Å²) in [5.74, 6) is 1.06. The Morgan fingerprint density at radius 1 is 1.04 bits per heavy atom. The largest absolute Gasteiger partial charge is 0.353 e. The van der Waals surface area contributed by atoms with E-state index in [2.05, 4.69) is 20.2 Å². The number of anilines is 1. The monoisotopic (exact) mass is 309 g/mol. The molecule has 1 fully saturated rings. The van der Waals surface area contributed by atoms with Gasteiger partial charge in [0.2, 0.25) is 0 Å². The molecule has 6 heteroatoms. The number of nitrogens with zero attached hydrogens (tertiary/aromatic N) is 5. The Morgan fingerprint density at radius 2 is 1.78 bits per heavy atom. The average molecular weight is 309 g/mol. The maximum atomic E-state index is 11.2. The van der Waals surface area contributed by atoms with Crippen molar-refractivity contribution in [2.24, 2.45) is 10.3 Å². The minimum atomic E-state index is 0.0548. The summed E-state index contributed by atoms with van der Waals surface area (Å²) in [6.07, 6.45) is 1.81. The van der Waals surface area contributed by atoms with Gasteiger partial charge in [-0.05, 0) is 43.3 Å². The lowest BCUT2D eigenvalue weighted by Gasteiger charge is -2.32. The van der Waals surface area contributed by atoms with Crippen LogP contribution in [0.25, 0.3) is 0 Å². The predicted molar refractivity (Wildman–Crippen MR) is 89.0 cm³/mol. The van der Waals surface area contributed by atoms with Crippen LogP contribution in [0, 0.1) is 0 Å². The van der Waals surface area contributed by atoms with Gasteiger partial charge in [-0.15, -0.1) is 5.11 Å². The molecule has 1 aromatic carbocycles. The summed E-state index contributed by atoms with van der Waals surface area (Å²) in [6, 6.07) is 13.1. The van der Waals surface area contributed by atoms with Crippen molar-refractivity contribution in [3.05, 3.63) is 54.2 Å². The molecular weight excluding hydrogens is 290 g/mol. The van der Waals surface area contributed by atoms with E-state index in [0.29, 0.717) is 5.56 Å². The fourth-order valence-corrected chi connectivity index (χ4v) is 2.43. The molecule has 0 N–H and O–H groups in total.